The molecule has 0 saturated carbocycles. The number of hydrogen-bond acceptors (Lipinski definition) is 4. The van der Waals surface area contributed by atoms with E-state index in [1.165, 1.54) is 0 Å². The number of amidine groups is 1. The summed E-state index contributed by atoms with van der Waals surface area (Å²) in [5, 5.41) is 15.0. The van der Waals surface area contributed by atoms with Crippen LogP contribution < -0.4 is 11.1 Å². The lowest BCUT2D eigenvalue weighted by atomic mass is 10.1. The third kappa shape index (κ3) is 3.92. The van der Waals surface area contributed by atoms with Crippen LogP contribution in [0.5, 0.6) is 0 Å². The minimum atomic E-state index is -0.114. The molecule has 2 rings (SSSR count). The van der Waals surface area contributed by atoms with Crippen LogP contribution in [0, 0.1) is 0 Å². The Bertz CT molecular complexity index is 650. The molecule has 0 saturated heterocycles. The highest BCUT2D eigenvalue weighted by atomic mass is 16.4. The van der Waals surface area contributed by atoms with E-state index in [1.54, 1.807) is 12.3 Å². The zero-order chi connectivity index (χ0) is 15.1. The van der Waals surface area contributed by atoms with Crippen molar-refractivity contribution in [1.29, 1.82) is 0 Å². The van der Waals surface area contributed by atoms with E-state index in [1.807, 2.05) is 24.3 Å². The van der Waals surface area contributed by atoms with Crippen molar-refractivity contribution in [2.45, 2.75) is 19.3 Å². The lowest BCUT2D eigenvalue weighted by molar-refractivity contribution is 0.0954. The van der Waals surface area contributed by atoms with Crippen LogP contribution in [0.3, 0.4) is 0 Å². The molecular weight excluding hydrogens is 268 g/mol. The van der Waals surface area contributed by atoms with E-state index in [0.717, 1.165) is 23.7 Å². The van der Waals surface area contributed by atoms with Crippen molar-refractivity contribution in [3.8, 4) is 0 Å². The summed E-state index contributed by atoms with van der Waals surface area (Å²) >= 11 is 0. The van der Waals surface area contributed by atoms with Gasteiger partial charge in [-0.1, -0.05) is 23.4 Å². The van der Waals surface area contributed by atoms with Gasteiger partial charge < -0.3 is 16.3 Å². The van der Waals surface area contributed by atoms with E-state index < -0.39 is 0 Å². The quantitative estimate of drug-likeness (QED) is 0.248. The number of amides is 1. The second kappa shape index (κ2) is 7.23. The summed E-state index contributed by atoms with van der Waals surface area (Å²) < 4.78 is 0. The second-order valence-corrected chi connectivity index (χ2v) is 4.68. The molecule has 1 heterocycles. The zero-order valence-electron chi connectivity index (χ0n) is 11.6. The second-order valence-electron chi connectivity index (χ2n) is 4.68. The summed E-state index contributed by atoms with van der Waals surface area (Å²) in [5.41, 5.74) is 6.80. The van der Waals surface area contributed by atoms with Crippen LogP contribution in [0.15, 0.2) is 41.7 Å². The van der Waals surface area contributed by atoms with Gasteiger partial charge in [-0.15, -0.1) is 0 Å². The predicted molar refractivity (Wildman–Crippen MR) is 81.3 cm³/mol. The van der Waals surface area contributed by atoms with Crippen LogP contribution in [0.25, 0.3) is 10.9 Å². The molecule has 4 N–H and O–H groups in total. The first-order valence-electron chi connectivity index (χ1n) is 6.80. The molecule has 0 spiro atoms. The van der Waals surface area contributed by atoms with Gasteiger partial charge in [0, 0.05) is 24.5 Å². The number of benzene rings is 1. The average molecular weight is 286 g/mol. The first kappa shape index (κ1) is 14.8. The number of hydrogen-bond donors (Lipinski definition) is 3. The van der Waals surface area contributed by atoms with Crippen molar-refractivity contribution in [2.24, 2.45) is 10.9 Å². The fraction of sp³-hybridized carbons (Fsp3) is 0.267. The van der Waals surface area contributed by atoms with Crippen LogP contribution >= 0.6 is 0 Å². The molecule has 1 aromatic heterocycles. The number of nitrogens with two attached hydrogens (primary N) is 1. The Morgan fingerprint density at radius 1 is 1.29 bits per heavy atom. The van der Waals surface area contributed by atoms with E-state index >= 15 is 0 Å². The van der Waals surface area contributed by atoms with Gasteiger partial charge in [0.05, 0.1) is 11.1 Å². The molecule has 0 radical (unpaired) electrons. The van der Waals surface area contributed by atoms with Crippen molar-refractivity contribution < 1.29 is 10.0 Å². The van der Waals surface area contributed by atoms with E-state index in [4.69, 9.17) is 10.9 Å². The minimum Gasteiger partial charge on any atom is -0.409 e. The Kier molecular flexibility index (Phi) is 5.09. The maximum absolute atomic E-state index is 12.2. The Balaban J connectivity index is 1.91. The van der Waals surface area contributed by atoms with E-state index in [0.29, 0.717) is 18.5 Å². The summed E-state index contributed by atoms with van der Waals surface area (Å²) in [4.78, 5) is 16.4. The molecule has 1 aromatic carbocycles. The maximum Gasteiger partial charge on any atom is 0.252 e. The molecule has 110 valence electrons. The molecule has 0 atom stereocenters. The Morgan fingerprint density at radius 3 is 2.90 bits per heavy atom. The highest BCUT2D eigenvalue weighted by molar-refractivity contribution is 6.05. The lowest BCUT2D eigenvalue weighted by Crippen LogP contribution is -2.25. The molecule has 0 fully saturated rings. The fourth-order valence-corrected chi connectivity index (χ4v) is 2.07. The molecular formula is C15H18N4O2. The Morgan fingerprint density at radius 2 is 2.10 bits per heavy atom. The topological polar surface area (TPSA) is 101 Å². The third-order valence-corrected chi connectivity index (χ3v) is 3.17. The minimum absolute atomic E-state index is 0.114. The number of nitrogens with zero attached hydrogens (tertiary/aromatic N) is 2. The number of para-hydroxylation sites is 1. The molecule has 1 amide bonds. The van der Waals surface area contributed by atoms with Crippen LogP contribution in [0.1, 0.15) is 29.6 Å². The fourth-order valence-electron chi connectivity index (χ4n) is 2.07. The Hall–Kier alpha value is -2.63. The largest absolute Gasteiger partial charge is 0.409 e. The van der Waals surface area contributed by atoms with Crippen molar-refractivity contribution in [1.82, 2.24) is 10.3 Å². The number of nitrogens with one attached hydrogen (secondary N) is 1. The Labute approximate surface area is 122 Å². The molecule has 6 nitrogen and oxygen atoms in total. The highest BCUT2D eigenvalue weighted by Gasteiger charge is 2.09. The lowest BCUT2D eigenvalue weighted by Gasteiger charge is -2.07. The van der Waals surface area contributed by atoms with Gasteiger partial charge in [-0.3, -0.25) is 9.78 Å². The summed E-state index contributed by atoms with van der Waals surface area (Å²) in [6.07, 6.45) is 3.68. The van der Waals surface area contributed by atoms with Crippen molar-refractivity contribution in [2.75, 3.05) is 6.54 Å². The van der Waals surface area contributed by atoms with E-state index in [9.17, 15) is 4.79 Å². The number of oxime groups is 1. The number of fused-ring (bicyclic) bond motifs is 1. The van der Waals surface area contributed by atoms with Gasteiger partial charge in [0.1, 0.15) is 5.84 Å². The van der Waals surface area contributed by atoms with Crippen LogP contribution in [-0.4, -0.2) is 28.5 Å². The van der Waals surface area contributed by atoms with Crippen molar-refractivity contribution >= 4 is 22.6 Å². The SMILES string of the molecule is N/C(CCCCNC(=O)c1ccnc2ccccc12)=N/O. The standard InChI is InChI=1S/C15H18N4O2/c16-14(19-21)7-3-4-9-18-15(20)12-8-10-17-13-6-2-1-5-11(12)13/h1-2,5-6,8,10,21H,3-4,7,9H2,(H2,16,19)(H,18,20). The average Bonchev–Trinajstić information content (AvgIpc) is 2.53. The van der Waals surface area contributed by atoms with Crippen LogP contribution in [0.2, 0.25) is 0 Å². The molecule has 0 bridgehead atoms. The summed E-state index contributed by atoms with van der Waals surface area (Å²) in [7, 11) is 0. The smallest absolute Gasteiger partial charge is 0.252 e. The summed E-state index contributed by atoms with van der Waals surface area (Å²) in [6.45, 7) is 0.550. The first-order chi connectivity index (χ1) is 10.2. The normalized spacial score (nSPS) is 11.5. The van der Waals surface area contributed by atoms with Crippen molar-refractivity contribution in [3.05, 3.63) is 42.1 Å². The monoisotopic (exact) mass is 286 g/mol. The van der Waals surface area contributed by atoms with Gasteiger partial charge in [-0.2, -0.15) is 0 Å². The van der Waals surface area contributed by atoms with Gasteiger partial charge in [0.2, 0.25) is 0 Å². The van der Waals surface area contributed by atoms with Gasteiger partial charge in [0.15, 0.2) is 0 Å². The number of unbranched alkanes of at least 4 members (excludes halogenated alkanes) is 1. The number of pyridine rings is 1. The van der Waals surface area contributed by atoms with Crippen molar-refractivity contribution in [3.63, 3.8) is 0 Å². The summed E-state index contributed by atoms with van der Waals surface area (Å²) in [6, 6.07) is 9.26. The number of rotatable bonds is 6. The van der Waals surface area contributed by atoms with E-state index in [-0.39, 0.29) is 11.7 Å². The van der Waals surface area contributed by atoms with Gasteiger partial charge in [-0.25, -0.2) is 0 Å². The molecule has 21 heavy (non-hydrogen) atoms. The van der Waals surface area contributed by atoms with Gasteiger partial charge in [0.25, 0.3) is 5.91 Å². The van der Waals surface area contributed by atoms with Crippen LogP contribution in [-0.2, 0) is 0 Å². The molecule has 0 aliphatic heterocycles. The number of carbonyl (C=O) groups is 1. The number of aromatic nitrogens is 1. The molecule has 0 aliphatic carbocycles. The predicted octanol–water partition coefficient (Wildman–Crippen LogP) is 1.88. The molecule has 0 unspecified atom stereocenters. The summed E-state index contributed by atoms with van der Waals surface area (Å²) in [5.74, 6) is 0.0962. The first-order valence-corrected chi connectivity index (χ1v) is 6.80. The zero-order valence-corrected chi connectivity index (χ0v) is 11.6. The van der Waals surface area contributed by atoms with Gasteiger partial charge >= 0.3 is 0 Å². The maximum atomic E-state index is 12.2. The van der Waals surface area contributed by atoms with Crippen LogP contribution in [0.4, 0.5) is 0 Å². The highest BCUT2D eigenvalue weighted by Crippen LogP contribution is 2.15. The molecule has 6 heteroatoms. The third-order valence-electron chi connectivity index (χ3n) is 3.17. The number of carbonyl (C=O) groups excluding carboxylic acids is 1. The molecule has 0 aliphatic rings. The van der Waals surface area contributed by atoms with Gasteiger partial charge in [-0.05, 0) is 25.0 Å². The molecule has 2 aromatic rings. The van der Waals surface area contributed by atoms with E-state index in [2.05, 4.69) is 15.5 Å².